The molecular formula is C29H35N3O3. The molecule has 184 valence electrons. The lowest BCUT2D eigenvalue weighted by Gasteiger charge is -2.32. The number of methoxy groups -OCH3 is 1. The number of anilines is 1. The van der Waals surface area contributed by atoms with Gasteiger partial charge in [-0.15, -0.1) is 0 Å². The normalized spacial score (nSPS) is 17.3. The van der Waals surface area contributed by atoms with E-state index < -0.39 is 6.17 Å². The molecule has 0 bridgehead atoms. The van der Waals surface area contributed by atoms with Gasteiger partial charge in [-0.3, -0.25) is 4.99 Å². The minimum absolute atomic E-state index is 0.0369. The van der Waals surface area contributed by atoms with Crippen LogP contribution in [0.1, 0.15) is 67.6 Å². The maximum absolute atomic E-state index is 10.8. The van der Waals surface area contributed by atoms with Crippen molar-refractivity contribution >= 4 is 11.9 Å². The second-order valence-electron chi connectivity index (χ2n) is 9.26. The molecule has 0 radical (unpaired) electrons. The summed E-state index contributed by atoms with van der Waals surface area (Å²) in [6.07, 6.45) is 2.61. The van der Waals surface area contributed by atoms with Gasteiger partial charge in [0.25, 0.3) is 0 Å². The van der Waals surface area contributed by atoms with Crippen LogP contribution in [-0.4, -0.2) is 30.1 Å². The van der Waals surface area contributed by atoms with Crippen LogP contribution >= 0.6 is 0 Å². The molecular weight excluding hydrogens is 438 g/mol. The van der Waals surface area contributed by atoms with Gasteiger partial charge in [-0.05, 0) is 65.9 Å². The Morgan fingerprint density at radius 3 is 2.34 bits per heavy atom. The van der Waals surface area contributed by atoms with Crippen LogP contribution in [0.25, 0.3) is 0 Å². The van der Waals surface area contributed by atoms with Gasteiger partial charge in [-0.25, -0.2) is 0 Å². The van der Waals surface area contributed by atoms with E-state index in [-0.39, 0.29) is 23.5 Å². The highest BCUT2D eigenvalue weighted by atomic mass is 16.5. The summed E-state index contributed by atoms with van der Waals surface area (Å²) in [6, 6.07) is 19.7. The van der Waals surface area contributed by atoms with Gasteiger partial charge >= 0.3 is 0 Å². The molecule has 0 aromatic heterocycles. The Morgan fingerprint density at radius 1 is 1.00 bits per heavy atom. The summed E-state index contributed by atoms with van der Waals surface area (Å²) in [4.78, 5) is 7.06. The maximum Gasteiger partial charge on any atom is 0.151 e. The smallest absolute Gasteiger partial charge is 0.151 e. The van der Waals surface area contributed by atoms with Crippen LogP contribution in [0.15, 0.2) is 65.7 Å². The second kappa shape index (κ2) is 10.8. The molecule has 0 saturated carbocycles. The number of aromatic hydroxyl groups is 2. The lowest BCUT2D eigenvalue weighted by atomic mass is 9.97. The lowest BCUT2D eigenvalue weighted by Crippen LogP contribution is -2.28. The third-order valence-corrected chi connectivity index (χ3v) is 6.46. The average Bonchev–Trinajstić information content (AvgIpc) is 3.29. The van der Waals surface area contributed by atoms with E-state index in [1.807, 2.05) is 50.4 Å². The maximum atomic E-state index is 10.8. The van der Waals surface area contributed by atoms with Crippen molar-refractivity contribution < 1.29 is 14.9 Å². The quantitative estimate of drug-likeness (QED) is 0.329. The van der Waals surface area contributed by atoms with Crippen molar-refractivity contribution in [3.63, 3.8) is 0 Å². The number of benzene rings is 3. The Hall–Kier alpha value is -3.51. The molecule has 3 aromatic rings. The number of ether oxygens (including phenoxy) is 1. The van der Waals surface area contributed by atoms with E-state index in [1.54, 1.807) is 7.11 Å². The summed E-state index contributed by atoms with van der Waals surface area (Å²) in [5, 5.41) is 24.7. The highest BCUT2D eigenvalue weighted by molar-refractivity contribution is 5.78. The number of nitrogens with zero attached hydrogens (tertiary/aromatic N) is 2. The summed E-state index contributed by atoms with van der Waals surface area (Å²) in [5.41, 5.74) is 4.76. The van der Waals surface area contributed by atoms with Crippen molar-refractivity contribution in [1.29, 1.82) is 0 Å². The van der Waals surface area contributed by atoms with Gasteiger partial charge in [-0.1, -0.05) is 45.0 Å². The first-order valence-electron chi connectivity index (χ1n) is 12.2. The highest BCUT2D eigenvalue weighted by Gasteiger charge is 2.34. The summed E-state index contributed by atoms with van der Waals surface area (Å²) >= 11 is 0. The summed E-state index contributed by atoms with van der Waals surface area (Å²) < 4.78 is 5.34. The summed E-state index contributed by atoms with van der Waals surface area (Å²) in [5.74, 6) is 1.05. The highest BCUT2D eigenvalue weighted by Crippen LogP contribution is 2.45. The van der Waals surface area contributed by atoms with Crippen LogP contribution in [0.5, 0.6) is 17.2 Å². The van der Waals surface area contributed by atoms with E-state index in [9.17, 15) is 10.2 Å². The third kappa shape index (κ3) is 5.28. The molecule has 0 aliphatic carbocycles. The van der Waals surface area contributed by atoms with Crippen LogP contribution in [0.3, 0.4) is 0 Å². The molecule has 1 aliphatic heterocycles. The minimum Gasteiger partial charge on any atom is -0.508 e. The standard InChI is InChI=1S/C29H35N3O3/c1-5-14-30-17-20-6-10-22(11-7-20)32-26(21-8-12-23(35-4)13-9-21)18-31-29(32)25-15-24(19(2)3)27(33)16-28(25)34/h6-13,15-16,18-19,26,29-30,33-34H,5,14,17H2,1-4H3. The number of phenolic OH excluding ortho intramolecular Hbond substituents is 2. The molecule has 6 heteroatoms. The molecule has 1 heterocycles. The second-order valence-corrected chi connectivity index (χ2v) is 9.26. The molecule has 2 atom stereocenters. The van der Waals surface area contributed by atoms with E-state index in [2.05, 4.69) is 41.4 Å². The number of nitrogens with one attached hydrogen (secondary N) is 1. The molecule has 6 nitrogen and oxygen atoms in total. The van der Waals surface area contributed by atoms with Gasteiger partial charge in [0, 0.05) is 30.1 Å². The Labute approximate surface area is 207 Å². The predicted octanol–water partition coefficient (Wildman–Crippen LogP) is 6.06. The fourth-order valence-electron chi connectivity index (χ4n) is 4.51. The summed E-state index contributed by atoms with van der Waals surface area (Å²) in [6.45, 7) is 8.02. The first-order chi connectivity index (χ1) is 16.9. The monoisotopic (exact) mass is 473 g/mol. The van der Waals surface area contributed by atoms with Crippen molar-refractivity contribution in [2.24, 2.45) is 4.99 Å². The number of phenols is 2. The van der Waals surface area contributed by atoms with Crippen molar-refractivity contribution in [2.75, 3.05) is 18.6 Å². The van der Waals surface area contributed by atoms with Crippen LogP contribution in [0, 0.1) is 0 Å². The fraction of sp³-hybridized carbons (Fsp3) is 0.345. The van der Waals surface area contributed by atoms with Crippen LogP contribution < -0.4 is 15.0 Å². The Morgan fingerprint density at radius 2 is 1.71 bits per heavy atom. The Bertz CT molecular complexity index is 1160. The Kier molecular flexibility index (Phi) is 7.61. The number of rotatable bonds is 9. The molecule has 0 fully saturated rings. The average molecular weight is 474 g/mol. The zero-order valence-corrected chi connectivity index (χ0v) is 20.9. The van der Waals surface area contributed by atoms with Gasteiger partial charge in [0.1, 0.15) is 17.2 Å². The minimum atomic E-state index is -0.427. The SMILES string of the molecule is CCCNCc1ccc(N2C(c3ccc(OC)cc3)C=NC2c2cc(C(C)C)c(O)cc2O)cc1. The lowest BCUT2D eigenvalue weighted by molar-refractivity contribution is 0.414. The zero-order chi connectivity index (χ0) is 24.9. The van der Waals surface area contributed by atoms with Gasteiger partial charge in [0.15, 0.2) is 6.17 Å². The van der Waals surface area contributed by atoms with Gasteiger partial charge in [-0.2, -0.15) is 0 Å². The molecule has 2 unspecified atom stereocenters. The molecule has 1 aliphatic rings. The largest absolute Gasteiger partial charge is 0.508 e. The van der Waals surface area contributed by atoms with Crippen molar-refractivity contribution in [3.05, 3.63) is 82.9 Å². The van der Waals surface area contributed by atoms with Gasteiger partial charge < -0.3 is 25.2 Å². The van der Waals surface area contributed by atoms with E-state index in [1.165, 1.54) is 11.6 Å². The molecule has 4 rings (SSSR count). The first-order valence-corrected chi connectivity index (χ1v) is 12.2. The van der Waals surface area contributed by atoms with E-state index in [4.69, 9.17) is 9.73 Å². The summed E-state index contributed by atoms with van der Waals surface area (Å²) in [7, 11) is 1.66. The molecule has 0 saturated heterocycles. The molecule has 0 spiro atoms. The van der Waals surface area contributed by atoms with E-state index >= 15 is 0 Å². The van der Waals surface area contributed by atoms with Crippen LogP contribution in [0.4, 0.5) is 5.69 Å². The zero-order valence-electron chi connectivity index (χ0n) is 20.9. The molecule has 3 aromatic carbocycles. The van der Waals surface area contributed by atoms with Crippen LogP contribution in [-0.2, 0) is 6.54 Å². The van der Waals surface area contributed by atoms with E-state index in [0.29, 0.717) is 5.56 Å². The van der Waals surface area contributed by atoms with Gasteiger partial charge in [0.05, 0.1) is 13.2 Å². The molecule has 0 amide bonds. The van der Waals surface area contributed by atoms with Crippen molar-refractivity contribution in [1.82, 2.24) is 5.32 Å². The Balaban J connectivity index is 1.73. The first kappa shape index (κ1) is 24.6. The van der Waals surface area contributed by atoms with Crippen LogP contribution in [0.2, 0.25) is 0 Å². The van der Waals surface area contributed by atoms with Crippen molar-refractivity contribution in [3.8, 4) is 17.2 Å². The van der Waals surface area contributed by atoms with Crippen molar-refractivity contribution in [2.45, 2.75) is 51.9 Å². The molecule has 35 heavy (non-hydrogen) atoms. The van der Waals surface area contributed by atoms with E-state index in [0.717, 1.165) is 42.1 Å². The number of hydrogen-bond acceptors (Lipinski definition) is 6. The number of aliphatic imine (C=N–C) groups is 1. The fourth-order valence-corrected chi connectivity index (χ4v) is 4.51. The van der Waals surface area contributed by atoms with Gasteiger partial charge in [0.2, 0.25) is 0 Å². The third-order valence-electron chi connectivity index (χ3n) is 6.46. The predicted molar refractivity (Wildman–Crippen MR) is 142 cm³/mol. The topological polar surface area (TPSA) is 77.3 Å². The molecule has 3 N–H and O–H groups in total. The number of hydrogen-bond donors (Lipinski definition) is 3.